The maximum absolute atomic E-state index is 8.69. The van der Waals surface area contributed by atoms with Gasteiger partial charge in [0.2, 0.25) is 0 Å². The van der Waals surface area contributed by atoms with E-state index in [2.05, 4.69) is 29.6 Å². The fourth-order valence-corrected chi connectivity index (χ4v) is 3.71. The maximum atomic E-state index is 8.69. The molecule has 0 spiro atoms. The summed E-state index contributed by atoms with van der Waals surface area (Å²) in [5.74, 6) is 0. The fraction of sp³-hybridized carbons (Fsp3) is 0.429. The average Bonchev–Trinajstić information content (AvgIpc) is 2.99. The van der Waals surface area contributed by atoms with Crippen LogP contribution in [0.1, 0.15) is 30.6 Å². The van der Waals surface area contributed by atoms with E-state index in [9.17, 15) is 0 Å². The Kier molecular flexibility index (Phi) is 5.23. The Morgan fingerprint density at radius 1 is 0.941 bits per heavy atom. The third-order valence-corrected chi connectivity index (χ3v) is 4.97. The van der Waals surface area contributed by atoms with Crippen LogP contribution in [0.5, 0.6) is 0 Å². The molecule has 3 heteroatoms. The second-order valence-corrected chi connectivity index (χ2v) is 6.25. The lowest BCUT2D eigenvalue weighted by atomic mass is 10.1. The van der Waals surface area contributed by atoms with Crippen LogP contribution in [0.3, 0.4) is 0 Å². The van der Waals surface area contributed by atoms with Gasteiger partial charge < -0.3 is 5.11 Å². The van der Waals surface area contributed by atoms with Gasteiger partial charge in [-0.15, -0.1) is 22.7 Å². The van der Waals surface area contributed by atoms with E-state index >= 15 is 0 Å². The van der Waals surface area contributed by atoms with Crippen molar-refractivity contribution in [3.8, 4) is 9.75 Å². The molecule has 0 amide bonds. The van der Waals surface area contributed by atoms with Crippen LogP contribution in [0.2, 0.25) is 0 Å². The molecule has 1 N–H and O–H groups in total. The smallest absolute Gasteiger partial charge is 0.0445 e. The predicted octanol–water partition coefficient (Wildman–Crippen LogP) is 4.57. The minimum atomic E-state index is 0.335. The van der Waals surface area contributed by atoms with E-state index in [1.165, 1.54) is 33.9 Å². The second-order valence-electron chi connectivity index (χ2n) is 4.13. The summed E-state index contributed by atoms with van der Waals surface area (Å²) in [5.41, 5.74) is 0. The van der Waals surface area contributed by atoms with Crippen LogP contribution >= 0.6 is 22.7 Å². The molecule has 92 valence electrons. The van der Waals surface area contributed by atoms with E-state index in [1.54, 1.807) is 11.3 Å². The van der Waals surface area contributed by atoms with Crippen molar-refractivity contribution in [1.29, 1.82) is 0 Å². The number of thiophene rings is 2. The van der Waals surface area contributed by atoms with E-state index in [4.69, 9.17) is 5.11 Å². The molecule has 0 aliphatic heterocycles. The molecule has 2 heterocycles. The van der Waals surface area contributed by atoms with Gasteiger partial charge in [-0.3, -0.25) is 0 Å². The number of hydrogen-bond acceptors (Lipinski definition) is 3. The van der Waals surface area contributed by atoms with E-state index < -0.39 is 0 Å². The molecule has 2 rings (SSSR count). The molecule has 2 aromatic rings. The summed E-state index contributed by atoms with van der Waals surface area (Å²) in [7, 11) is 0. The summed E-state index contributed by atoms with van der Waals surface area (Å²) in [6.45, 7) is 0.335. The van der Waals surface area contributed by atoms with Gasteiger partial charge in [-0.1, -0.05) is 18.9 Å². The molecule has 0 aliphatic carbocycles. The molecule has 0 saturated heterocycles. The maximum Gasteiger partial charge on any atom is 0.0445 e. The third kappa shape index (κ3) is 3.95. The largest absolute Gasteiger partial charge is 0.396 e. The Hall–Kier alpha value is -0.640. The first-order chi connectivity index (χ1) is 8.40. The first-order valence-corrected chi connectivity index (χ1v) is 7.83. The summed E-state index contributed by atoms with van der Waals surface area (Å²) < 4.78 is 0. The zero-order valence-corrected chi connectivity index (χ0v) is 11.5. The molecule has 0 fully saturated rings. The third-order valence-electron chi connectivity index (χ3n) is 2.76. The Bertz CT molecular complexity index is 417. The second kappa shape index (κ2) is 6.94. The lowest BCUT2D eigenvalue weighted by Gasteiger charge is -1.97. The zero-order valence-electron chi connectivity index (χ0n) is 9.89. The minimum absolute atomic E-state index is 0.335. The van der Waals surface area contributed by atoms with Crippen molar-refractivity contribution in [3.63, 3.8) is 0 Å². The minimum Gasteiger partial charge on any atom is -0.396 e. The topological polar surface area (TPSA) is 20.2 Å². The predicted molar refractivity (Wildman–Crippen MR) is 76.9 cm³/mol. The molecule has 0 atom stereocenters. The quantitative estimate of drug-likeness (QED) is 0.728. The number of aliphatic hydroxyl groups excluding tert-OH is 1. The average molecular weight is 266 g/mol. The molecule has 0 unspecified atom stereocenters. The van der Waals surface area contributed by atoms with Crippen LogP contribution in [0.15, 0.2) is 29.6 Å². The molecule has 0 saturated carbocycles. The van der Waals surface area contributed by atoms with E-state index in [0.717, 1.165) is 12.8 Å². The van der Waals surface area contributed by atoms with Gasteiger partial charge in [0.25, 0.3) is 0 Å². The lowest BCUT2D eigenvalue weighted by Crippen LogP contribution is -1.85. The van der Waals surface area contributed by atoms with Gasteiger partial charge in [0.05, 0.1) is 0 Å². The molecule has 0 aromatic carbocycles. The standard InChI is InChI=1S/C14H18OS2/c15-10-4-2-1-3-6-12-8-9-14(17-12)13-7-5-11-16-13/h5,7-9,11,15H,1-4,6,10H2. The Morgan fingerprint density at radius 3 is 2.59 bits per heavy atom. The summed E-state index contributed by atoms with van der Waals surface area (Å²) in [6, 6.07) is 8.78. The highest BCUT2D eigenvalue weighted by Crippen LogP contribution is 2.32. The van der Waals surface area contributed by atoms with Gasteiger partial charge in [0.1, 0.15) is 0 Å². The molecule has 0 radical (unpaired) electrons. The normalized spacial score (nSPS) is 10.9. The highest BCUT2D eigenvalue weighted by molar-refractivity contribution is 7.21. The molecule has 0 bridgehead atoms. The first kappa shape index (κ1) is 12.8. The van der Waals surface area contributed by atoms with Crippen molar-refractivity contribution in [3.05, 3.63) is 34.5 Å². The molecule has 17 heavy (non-hydrogen) atoms. The Balaban J connectivity index is 1.79. The molecule has 2 aromatic heterocycles. The van der Waals surface area contributed by atoms with Gasteiger partial charge in [-0.25, -0.2) is 0 Å². The summed E-state index contributed by atoms with van der Waals surface area (Å²) in [5, 5.41) is 10.8. The Labute approximate surface area is 111 Å². The van der Waals surface area contributed by atoms with E-state index in [-0.39, 0.29) is 0 Å². The van der Waals surface area contributed by atoms with Crippen LogP contribution in [0, 0.1) is 0 Å². The summed E-state index contributed by atoms with van der Waals surface area (Å²) in [6.07, 6.45) is 5.75. The molecule has 0 aliphatic rings. The monoisotopic (exact) mass is 266 g/mol. The van der Waals surface area contributed by atoms with Crippen molar-refractivity contribution in [2.45, 2.75) is 32.1 Å². The number of aliphatic hydroxyl groups is 1. The van der Waals surface area contributed by atoms with Gasteiger partial charge in [-0.05, 0) is 42.8 Å². The lowest BCUT2D eigenvalue weighted by molar-refractivity contribution is 0.282. The van der Waals surface area contributed by atoms with Crippen molar-refractivity contribution >= 4 is 22.7 Å². The number of rotatable bonds is 7. The summed E-state index contributed by atoms with van der Waals surface area (Å²) >= 11 is 3.72. The van der Waals surface area contributed by atoms with Crippen LogP contribution < -0.4 is 0 Å². The SMILES string of the molecule is OCCCCCCc1ccc(-c2cccs2)s1. The van der Waals surface area contributed by atoms with Crippen molar-refractivity contribution < 1.29 is 5.11 Å². The van der Waals surface area contributed by atoms with Gasteiger partial charge in [-0.2, -0.15) is 0 Å². The van der Waals surface area contributed by atoms with E-state index in [0.29, 0.717) is 6.61 Å². The van der Waals surface area contributed by atoms with Crippen molar-refractivity contribution in [2.24, 2.45) is 0 Å². The van der Waals surface area contributed by atoms with Gasteiger partial charge in [0, 0.05) is 21.2 Å². The van der Waals surface area contributed by atoms with Crippen molar-refractivity contribution in [2.75, 3.05) is 6.61 Å². The first-order valence-electron chi connectivity index (χ1n) is 6.13. The number of hydrogen-bond donors (Lipinski definition) is 1. The summed E-state index contributed by atoms with van der Waals surface area (Å²) in [4.78, 5) is 4.25. The van der Waals surface area contributed by atoms with Gasteiger partial charge in [0.15, 0.2) is 0 Å². The fourth-order valence-electron chi connectivity index (χ4n) is 1.83. The highest BCUT2D eigenvalue weighted by atomic mass is 32.1. The van der Waals surface area contributed by atoms with Crippen LogP contribution in [-0.4, -0.2) is 11.7 Å². The van der Waals surface area contributed by atoms with Crippen LogP contribution in [0.4, 0.5) is 0 Å². The molecular formula is C14H18OS2. The number of unbranched alkanes of at least 4 members (excludes halogenated alkanes) is 3. The number of aryl methyl sites for hydroxylation is 1. The van der Waals surface area contributed by atoms with Crippen molar-refractivity contribution in [1.82, 2.24) is 0 Å². The van der Waals surface area contributed by atoms with Gasteiger partial charge >= 0.3 is 0 Å². The van der Waals surface area contributed by atoms with Crippen LogP contribution in [0.25, 0.3) is 9.75 Å². The van der Waals surface area contributed by atoms with E-state index in [1.807, 2.05) is 11.3 Å². The zero-order chi connectivity index (χ0) is 11.9. The highest BCUT2D eigenvalue weighted by Gasteiger charge is 2.03. The molecule has 1 nitrogen and oxygen atoms in total. The Morgan fingerprint density at radius 2 is 1.82 bits per heavy atom. The molecular weight excluding hydrogens is 248 g/mol. The van der Waals surface area contributed by atoms with Crippen LogP contribution in [-0.2, 0) is 6.42 Å².